The summed E-state index contributed by atoms with van der Waals surface area (Å²) in [7, 11) is 0. The molecule has 0 heterocycles. The van der Waals surface area contributed by atoms with Gasteiger partial charge in [0.05, 0.1) is 12.6 Å². The minimum Gasteiger partial charge on any atom is -0.368 e. The number of hydrogen-bond donors (Lipinski definition) is 2. The fourth-order valence-electron chi connectivity index (χ4n) is 1.50. The van der Waals surface area contributed by atoms with Gasteiger partial charge in [-0.2, -0.15) is 0 Å². The number of halogens is 1. The standard InChI is InChI=1S/C12H16BrN3O2/c1-8(14)12(18)16(7-11(15)17)6-9-2-4-10(13)5-3-9/h2-5,8H,6-7,14H2,1H3,(H2,15,17)/t8-/m0/s1. The number of nitrogens with two attached hydrogens (primary N) is 2. The molecule has 18 heavy (non-hydrogen) atoms. The van der Waals surface area contributed by atoms with Gasteiger partial charge in [-0.1, -0.05) is 28.1 Å². The highest BCUT2D eigenvalue weighted by molar-refractivity contribution is 9.10. The topological polar surface area (TPSA) is 89.4 Å². The molecule has 0 radical (unpaired) electrons. The highest BCUT2D eigenvalue weighted by atomic mass is 79.9. The van der Waals surface area contributed by atoms with Crippen molar-refractivity contribution in [3.63, 3.8) is 0 Å². The second-order valence-electron chi connectivity index (χ2n) is 4.08. The normalized spacial score (nSPS) is 11.9. The summed E-state index contributed by atoms with van der Waals surface area (Å²) in [6, 6.07) is 6.82. The zero-order valence-electron chi connectivity index (χ0n) is 10.1. The SMILES string of the molecule is C[C@H](N)C(=O)N(CC(N)=O)Cc1ccc(Br)cc1. The molecule has 1 rings (SSSR count). The molecular weight excluding hydrogens is 298 g/mol. The Morgan fingerprint density at radius 3 is 2.33 bits per heavy atom. The van der Waals surface area contributed by atoms with Crippen LogP contribution < -0.4 is 11.5 Å². The van der Waals surface area contributed by atoms with E-state index < -0.39 is 11.9 Å². The summed E-state index contributed by atoms with van der Waals surface area (Å²) in [5.41, 5.74) is 11.6. The van der Waals surface area contributed by atoms with Gasteiger partial charge in [-0.05, 0) is 24.6 Å². The molecule has 5 nitrogen and oxygen atoms in total. The average Bonchev–Trinajstić information content (AvgIpc) is 2.29. The van der Waals surface area contributed by atoms with E-state index >= 15 is 0 Å². The molecule has 98 valence electrons. The molecule has 0 aromatic heterocycles. The lowest BCUT2D eigenvalue weighted by molar-refractivity contribution is -0.136. The first-order valence-electron chi connectivity index (χ1n) is 5.47. The Balaban J connectivity index is 2.81. The third-order valence-corrected chi connectivity index (χ3v) is 2.86. The molecule has 0 saturated heterocycles. The van der Waals surface area contributed by atoms with Crippen molar-refractivity contribution in [3.05, 3.63) is 34.3 Å². The maximum Gasteiger partial charge on any atom is 0.239 e. The van der Waals surface area contributed by atoms with E-state index in [9.17, 15) is 9.59 Å². The summed E-state index contributed by atoms with van der Waals surface area (Å²) in [4.78, 5) is 24.2. The Morgan fingerprint density at radius 2 is 1.89 bits per heavy atom. The van der Waals surface area contributed by atoms with Crippen molar-refractivity contribution in [1.82, 2.24) is 4.90 Å². The summed E-state index contributed by atoms with van der Waals surface area (Å²) < 4.78 is 0.950. The summed E-state index contributed by atoms with van der Waals surface area (Å²) >= 11 is 3.33. The smallest absolute Gasteiger partial charge is 0.239 e. The lowest BCUT2D eigenvalue weighted by Gasteiger charge is -2.23. The molecule has 1 atom stereocenters. The van der Waals surface area contributed by atoms with Crippen LogP contribution in [0.25, 0.3) is 0 Å². The molecule has 0 unspecified atom stereocenters. The van der Waals surface area contributed by atoms with Crippen molar-refractivity contribution in [1.29, 1.82) is 0 Å². The van der Waals surface area contributed by atoms with Crippen LogP contribution in [0.1, 0.15) is 12.5 Å². The highest BCUT2D eigenvalue weighted by Crippen LogP contribution is 2.12. The number of nitrogens with zero attached hydrogens (tertiary/aromatic N) is 1. The van der Waals surface area contributed by atoms with E-state index in [1.807, 2.05) is 24.3 Å². The molecule has 1 aromatic carbocycles. The van der Waals surface area contributed by atoms with E-state index in [0.717, 1.165) is 10.0 Å². The molecule has 2 amide bonds. The first-order valence-corrected chi connectivity index (χ1v) is 6.26. The molecular formula is C12H16BrN3O2. The fourth-order valence-corrected chi connectivity index (χ4v) is 1.76. The Labute approximate surface area is 114 Å². The number of rotatable bonds is 5. The van der Waals surface area contributed by atoms with Gasteiger partial charge >= 0.3 is 0 Å². The summed E-state index contributed by atoms with van der Waals surface area (Å²) in [5, 5.41) is 0. The van der Waals surface area contributed by atoms with E-state index in [1.54, 1.807) is 6.92 Å². The van der Waals surface area contributed by atoms with Crippen LogP contribution in [0.3, 0.4) is 0 Å². The van der Waals surface area contributed by atoms with Crippen molar-refractivity contribution in [2.45, 2.75) is 19.5 Å². The van der Waals surface area contributed by atoms with Crippen LogP contribution in [0.15, 0.2) is 28.7 Å². The predicted molar refractivity (Wildman–Crippen MR) is 72.4 cm³/mol. The van der Waals surface area contributed by atoms with Crippen molar-refractivity contribution >= 4 is 27.7 Å². The Bertz CT molecular complexity index is 431. The van der Waals surface area contributed by atoms with Crippen LogP contribution >= 0.6 is 15.9 Å². The lowest BCUT2D eigenvalue weighted by atomic mass is 10.2. The van der Waals surface area contributed by atoms with Gasteiger partial charge in [0, 0.05) is 11.0 Å². The van der Waals surface area contributed by atoms with Crippen LogP contribution in [0, 0.1) is 0 Å². The number of carbonyl (C=O) groups is 2. The van der Waals surface area contributed by atoms with Gasteiger partial charge in [0.25, 0.3) is 0 Å². The van der Waals surface area contributed by atoms with Crippen molar-refractivity contribution in [2.24, 2.45) is 11.5 Å². The van der Waals surface area contributed by atoms with Gasteiger partial charge in [-0.15, -0.1) is 0 Å². The third kappa shape index (κ3) is 4.46. The van der Waals surface area contributed by atoms with E-state index in [0.29, 0.717) is 6.54 Å². The number of carbonyl (C=O) groups excluding carboxylic acids is 2. The van der Waals surface area contributed by atoms with Crippen molar-refractivity contribution in [2.75, 3.05) is 6.54 Å². The zero-order valence-corrected chi connectivity index (χ0v) is 11.7. The minimum absolute atomic E-state index is 0.129. The van der Waals surface area contributed by atoms with E-state index in [-0.39, 0.29) is 12.5 Å². The van der Waals surface area contributed by atoms with Crippen LogP contribution in [0.2, 0.25) is 0 Å². The van der Waals surface area contributed by atoms with Crippen LogP contribution in [-0.2, 0) is 16.1 Å². The maximum absolute atomic E-state index is 11.8. The summed E-state index contributed by atoms with van der Waals surface area (Å²) in [5.74, 6) is -0.849. The number of primary amides is 1. The molecule has 0 bridgehead atoms. The van der Waals surface area contributed by atoms with Gasteiger partial charge in [-0.3, -0.25) is 9.59 Å². The van der Waals surface area contributed by atoms with Crippen LogP contribution in [-0.4, -0.2) is 29.3 Å². The molecule has 4 N–H and O–H groups in total. The number of amides is 2. The molecule has 0 fully saturated rings. The molecule has 6 heteroatoms. The molecule has 0 saturated carbocycles. The zero-order chi connectivity index (χ0) is 13.7. The van der Waals surface area contributed by atoms with Crippen molar-refractivity contribution in [3.8, 4) is 0 Å². The average molecular weight is 314 g/mol. The van der Waals surface area contributed by atoms with Gasteiger partial charge in [0.15, 0.2) is 0 Å². The first kappa shape index (κ1) is 14.7. The number of hydrogen-bond acceptors (Lipinski definition) is 3. The second kappa shape index (κ2) is 6.51. The molecule has 0 spiro atoms. The monoisotopic (exact) mass is 313 g/mol. The van der Waals surface area contributed by atoms with Gasteiger partial charge in [0.1, 0.15) is 0 Å². The fraction of sp³-hybridized carbons (Fsp3) is 0.333. The van der Waals surface area contributed by atoms with Gasteiger partial charge in [-0.25, -0.2) is 0 Å². The Kier molecular flexibility index (Phi) is 5.30. The molecule has 1 aromatic rings. The molecule has 0 aliphatic heterocycles. The summed E-state index contributed by atoms with van der Waals surface area (Å²) in [6.07, 6.45) is 0. The summed E-state index contributed by atoms with van der Waals surface area (Å²) in [6.45, 7) is 1.77. The van der Waals surface area contributed by atoms with Crippen LogP contribution in [0.4, 0.5) is 0 Å². The van der Waals surface area contributed by atoms with E-state index in [1.165, 1.54) is 4.90 Å². The number of benzene rings is 1. The maximum atomic E-state index is 11.8. The van der Waals surface area contributed by atoms with Crippen LogP contribution in [0.5, 0.6) is 0 Å². The van der Waals surface area contributed by atoms with E-state index in [2.05, 4.69) is 15.9 Å². The first-order chi connectivity index (χ1) is 8.40. The minimum atomic E-state index is -0.653. The third-order valence-electron chi connectivity index (χ3n) is 2.33. The Hall–Kier alpha value is -1.40. The van der Waals surface area contributed by atoms with E-state index in [4.69, 9.17) is 11.5 Å². The second-order valence-corrected chi connectivity index (χ2v) is 4.99. The molecule has 0 aliphatic rings. The van der Waals surface area contributed by atoms with Gasteiger partial charge < -0.3 is 16.4 Å². The predicted octanol–water partition coefficient (Wildman–Crippen LogP) is 0.610. The van der Waals surface area contributed by atoms with Gasteiger partial charge in [0.2, 0.25) is 11.8 Å². The largest absolute Gasteiger partial charge is 0.368 e. The lowest BCUT2D eigenvalue weighted by Crippen LogP contribution is -2.45. The van der Waals surface area contributed by atoms with Crippen molar-refractivity contribution < 1.29 is 9.59 Å². The quantitative estimate of drug-likeness (QED) is 0.834. The Morgan fingerprint density at radius 1 is 1.33 bits per heavy atom. The molecule has 0 aliphatic carbocycles. The highest BCUT2D eigenvalue weighted by Gasteiger charge is 2.19.